The van der Waals surface area contributed by atoms with Crippen molar-refractivity contribution in [1.82, 2.24) is 4.90 Å². The van der Waals surface area contributed by atoms with Gasteiger partial charge in [-0.25, -0.2) is 0 Å². The molecule has 0 aliphatic heterocycles. The molecule has 0 aromatic heterocycles. The number of aliphatic hydroxyl groups excluding tert-OH is 1. The highest BCUT2D eigenvalue weighted by atomic mass is 16.3. The first-order chi connectivity index (χ1) is 12.0. The van der Waals surface area contributed by atoms with E-state index in [9.17, 15) is 9.90 Å². The summed E-state index contributed by atoms with van der Waals surface area (Å²) in [5.41, 5.74) is -0.0798. The number of hydrogen-bond donors (Lipinski definition) is 1. The van der Waals surface area contributed by atoms with Crippen LogP contribution in [0.5, 0.6) is 0 Å². The quantitative estimate of drug-likeness (QED) is 0.724. The number of hydrogen-bond acceptors (Lipinski definition) is 2. The summed E-state index contributed by atoms with van der Waals surface area (Å²) in [6, 6.07) is 0. The number of aliphatic hydroxyl groups is 1. The Hall–Kier alpha value is -0.830. The molecule has 3 aliphatic carbocycles. The number of carbonyl (C=O) groups is 1. The lowest BCUT2D eigenvalue weighted by Gasteiger charge is -2.48. The smallest absolute Gasteiger partial charge is 0.231 e. The first-order valence-electron chi connectivity index (χ1n) is 10.6. The Balaban J connectivity index is 1.75. The lowest BCUT2D eigenvalue weighted by molar-refractivity contribution is -0.137. The Labute approximate surface area is 160 Å². The highest BCUT2D eigenvalue weighted by molar-refractivity contribution is 5.86. The van der Waals surface area contributed by atoms with E-state index in [1.54, 1.807) is 19.0 Å². The van der Waals surface area contributed by atoms with Gasteiger partial charge < -0.3 is 10.0 Å². The molecule has 3 aliphatic rings. The molecule has 5 atom stereocenters. The first kappa shape index (κ1) is 19.9. The van der Waals surface area contributed by atoms with Crippen LogP contribution in [0.4, 0.5) is 0 Å². The van der Waals surface area contributed by atoms with E-state index in [1.807, 2.05) is 6.08 Å². The van der Waals surface area contributed by atoms with E-state index in [1.165, 1.54) is 32.1 Å². The van der Waals surface area contributed by atoms with Gasteiger partial charge in [0, 0.05) is 14.1 Å². The van der Waals surface area contributed by atoms with E-state index < -0.39 is 11.5 Å². The van der Waals surface area contributed by atoms with Crippen LogP contribution in [0.1, 0.15) is 72.6 Å². The Morgan fingerprint density at radius 1 is 1.19 bits per heavy atom. The second kappa shape index (κ2) is 6.65. The molecule has 3 nitrogen and oxygen atoms in total. The molecule has 148 valence electrons. The second-order valence-electron chi connectivity index (χ2n) is 10.6. The molecule has 3 unspecified atom stereocenters. The summed E-state index contributed by atoms with van der Waals surface area (Å²) in [4.78, 5) is 14.1. The average Bonchev–Trinajstić information content (AvgIpc) is 3.28. The molecule has 3 saturated carbocycles. The van der Waals surface area contributed by atoms with Crippen LogP contribution in [0.25, 0.3) is 0 Å². The van der Waals surface area contributed by atoms with Crippen molar-refractivity contribution in [2.24, 2.45) is 34.0 Å². The normalized spacial score (nSPS) is 37.4. The summed E-state index contributed by atoms with van der Waals surface area (Å²) >= 11 is 0. The number of rotatable bonds is 5. The monoisotopic (exact) mass is 361 g/mol. The number of nitrogens with zero attached hydrogens (tertiary/aromatic N) is 1. The molecule has 1 N–H and O–H groups in total. The zero-order valence-electron chi connectivity index (χ0n) is 17.7. The minimum atomic E-state index is -0.660. The minimum Gasteiger partial charge on any atom is -0.388 e. The maximum absolute atomic E-state index is 12.5. The topological polar surface area (TPSA) is 40.5 Å². The van der Waals surface area contributed by atoms with Gasteiger partial charge in [-0.05, 0) is 60.7 Å². The van der Waals surface area contributed by atoms with Gasteiger partial charge in [0.05, 0.1) is 11.5 Å². The van der Waals surface area contributed by atoms with Crippen LogP contribution in [-0.4, -0.2) is 36.1 Å². The number of allylic oxidation sites excluding steroid dienone is 1. The molecule has 0 aromatic rings. The van der Waals surface area contributed by atoms with Crippen molar-refractivity contribution in [3.63, 3.8) is 0 Å². The molecule has 3 fully saturated rings. The maximum Gasteiger partial charge on any atom is 0.231 e. The zero-order chi connectivity index (χ0) is 19.3. The van der Waals surface area contributed by atoms with Gasteiger partial charge in [-0.2, -0.15) is 0 Å². The van der Waals surface area contributed by atoms with Crippen molar-refractivity contribution in [2.45, 2.75) is 78.7 Å². The third-order valence-corrected chi connectivity index (χ3v) is 8.26. The standard InChI is InChI=1S/C23H39NO2/c1-16-8-7-12-22(4)17(16)9-10-18(22)21(2,3)13-11-19(25)23(14-15-23)20(26)24(5)6/h11,13,16-19,25H,7-10,12,14-15H2,1-6H3/b13-11+/t16-,17?,18?,19?,22-/m0/s1. The van der Waals surface area contributed by atoms with Crippen LogP contribution >= 0.6 is 0 Å². The van der Waals surface area contributed by atoms with Gasteiger partial charge in [-0.1, -0.05) is 52.7 Å². The van der Waals surface area contributed by atoms with Gasteiger partial charge in [0.1, 0.15) is 0 Å². The summed E-state index contributed by atoms with van der Waals surface area (Å²) in [5, 5.41) is 10.8. The van der Waals surface area contributed by atoms with Crippen LogP contribution in [0.3, 0.4) is 0 Å². The molecule has 0 bridgehead atoms. The highest BCUT2D eigenvalue weighted by Gasteiger charge is 2.56. The third-order valence-electron chi connectivity index (χ3n) is 8.26. The van der Waals surface area contributed by atoms with E-state index in [-0.39, 0.29) is 11.3 Å². The van der Waals surface area contributed by atoms with Crippen molar-refractivity contribution in [1.29, 1.82) is 0 Å². The minimum absolute atomic E-state index is 0.0543. The molecule has 0 heterocycles. The summed E-state index contributed by atoms with van der Waals surface area (Å²) in [6.07, 6.45) is 11.8. The van der Waals surface area contributed by atoms with Gasteiger partial charge in [0.2, 0.25) is 5.91 Å². The van der Waals surface area contributed by atoms with Gasteiger partial charge in [0.25, 0.3) is 0 Å². The SMILES string of the molecule is C[C@H]1CCC[C@@]2(C)C1CCC2C(C)(C)/C=C/C(O)C1(C(=O)N(C)C)CC1. The van der Waals surface area contributed by atoms with Crippen LogP contribution < -0.4 is 0 Å². The molecule has 3 heteroatoms. The highest BCUT2D eigenvalue weighted by Crippen LogP contribution is 2.62. The van der Waals surface area contributed by atoms with E-state index in [0.29, 0.717) is 11.3 Å². The molecule has 26 heavy (non-hydrogen) atoms. The van der Waals surface area contributed by atoms with E-state index in [2.05, 4.69) is 33.8 Å². The lowest BCUT2D eigenvalue weighted by atomic mass is 9.56. The Morgan fingerprint density at radius 2 is 1.85 bits per heavy atom. The fourth-order valence-electron chi connectivity index (χ4n) is 6.64. The first-order valence-corrected chi connectivity index (χ1v) is 10.6. The van der Waals surface area contributed by atoms with Gasteiger partial charge in [0.15, 0.2) is 0 Å². The average molecular weight is 362 g/mol. The number of carbonyl (C=O) groups excluding carboxylic acids is 1. The van der Waals surface area contributed by atoms with Crippen molar-refractivity contribution in [3.8, 4) is 0 Å². The molecule has 0 spiro atoms. The molecular formula is C23H39NO2. The van der Waals surface area contributed by atoms with Crippen molar-refractivity contribution >= 4 is 5.91 Å². The molecule has 0 aromatic carbocycles. The van der Waals surface area contributed by atoms with Crippen LogP contribution in [0.15, 0.2) is 12.2 Å². The summed E-state index contributed by atoms with van der Waals surface area (Å²) in [5.74, 6) is 2.42. The van der Waals surface area contributed by atoms with E-state index in [0.717, 1.165) is 24.7 Å². The van der Waals surface area contributed by atoms with Gasteiger partial charge in [-0.15, -0.1) is 0 Å². The van der Waals surface area contributed by atoms with Crippen LogP contribution in [0, 0.1) is 34.0 Å². The van der Waals surface area contributed by atoms with Gasteiger partial charge >= 0.3 is 0 Å². The fourth-order valence-corrected chi connectivity index (χ4v) is 6.64. The van der Waals surface area contributed by atoms with Crippen molar-refractivity contribution in [2.75, 3.05) is 14.1 Å². The van der Waals surface area contributed by atoms with Crippen molar-refractivity contribution < 1.29 is 9.90 Å². The van der Waals surface area contributed by atoms with Gasteiger partial charge in [-0.3, -0.25) is 4.79 Å². The Bertz CT molecular complexity index is 575. The molecule has 3 rings (SSSR count). The largest absolute Gasteiger partial charge is 0.388 e. The number of fused-ring (bicyclic) bond motifs is 1. The number of amides is 1. The molecule has 0 radical (unpaired) electrons. The Morgan fingerprint density at radius 3 is 2.42 bits per heavy atom. The van der Waals surface area contributed by atoms with E-state index in [4.69, 9.17) is 0 Å². The summed E-state index contributed by atoms with van der Waals surface area (Å²) < 4.78 is 0. The summed E-state index contributed by atoms with van der Waals surface area (Å²) in [6.45, 7) is 9.64. The van der Waals surface area contributed by atoms with E-state index >= 15 is 0 Å². The molecular weight excluding hydrogens is 322 g/mol. The van der Waals surface area contributed by atoms with Crippen molar-refractivity contribution in [3.05, 3.63) is 12.2 Å². The van der Waals surface area contributed by atoms with Crippen LogP contribution in [0.2, 0.25) is 0 Å². The zero-order valence-corrected chi connectivity index (χ0v) is 17.7. The Kier molecular flexibility index (Phi) is 5.10. The lowest BCUT2D eigenvalue weighted by Crippen LogP contribution is -2.41. The maximum atomic E-state index is 12.5. The second-order valence-corrected chi connectivity index (χ2v) is 10.6. The predicted molar refractivity (Wildman–Crippen MR) is 107 cm³/mol. The molecule has 1 amide bonds. The summed E-state index contributed by atoms with van der Waals surface area (Å²) in [7, 11) is 3.57. The molecule has 0 saturated heterocycles. The van der Waals surface area contributed by atoms with Crippen LogP contribution in [-0.2, 0) is 4.79 Å². The predicted octanol–water partition coefficient (Wildman–Crippen LogP) is 4.65. The fraction of sp³-hybridized carbons (Fsp3) is 0.870. The third kappa shape index (κ3) is 3.15.